The van der Waals surface area contributed by atoms with E-state index in [0.717, 1.165) is 6.42 Å². The van der Waals surface area contributed by atoms with E-state index in [-0.39, 0.29) is 0 Å². The van der Waals surface area contributed by atoms with Gasteiger partial charge in [0.2, 0.25) is 0 Å². The smallest absolute Gasteiger partial charge is 0.0557 e. The van der Waals surface area contributed by atoms with Crippen LogP contribution in [0.25, 0.3) is 5.57 Å². The molecule has 0 fully saturated rings. The number of hydrogen-bond acceptors (Lipinski definition) is 0. The van der Waals surface area contributed by atoms with Gasteiger partial charge in [-0.15, -0.1) is 0 Å². The van der Waals surface area contributed by atoms with Crippen molar-refractivity contribution in [2.75, 3.05) is 0 Å². The highest BCUT2D eigenvalue weighted by Crippen LogP contribution is 2.32. The maximum atomic E-state index is 5.95. The largest absolute Gasteiger partial charge is 0.0872 e. The molecule has 0 bridgehead atoms. The average Bonchev–Trinajstić information content (AvgIpc) is 2.23. The van der Waals surface area contributed by atoms with Crippen LogP contribution in [0.5, 0.6) is 0 Å². The molecule has 71 valence electrons. The van der Waals surface area contributed by atoms with Gasteiger partial charge in [-0.05, 0) is 23.6 Å². The first-order chi connectivity index (χ1) is 6.77. The third-order valence-electron chi connectivity index (χ3n) is 2.17. The van der Waals surface area contributed by atoms with Crippen LogP contribution in [0.2, 0.25) is 0 Å². The highest BCUT2D eigenvalue weighted by atomic mass is 35.5. The third kappa shape index (κ3) is 2.02. The summed E-state index contributed by atoms with van der Waals surface area (Å²) in [6.45, 7) is 0. The fraction of sp³-hybridized carbons (Fsp3) is 0.0833. The number of hydrogen-bond donors (Lipinski definition) is 0. The van der Waals surface area contributed by atoms with Crippen molar-refractivity contribution in [3.63, 3.8) is 0 Å². The van der Waals surface area contributed by atoms with Gasteiger partial charge in [0, 0.05) is 11.5 Å². The van der Waals surface area contributed by atoms with Crippen LogP contribution in [0.3, 0.4) is 0 Å². The summed E-state index contributed by atoms with van der Waals surface area (Å²) in [5.74, 6) is 0. The molecular weight excluding hydrogens is 215 g/mol. The summed E-state index contributed by atoms with van der Waals surface area (Å²) in [4.78, 5) is 0. The Hall–Kier alpha value is -0.720. The van der Waals surface area contributed by atoms with Gasteiger partial charge < -0.3 is 0 Å². The van der Waals surface area contributed by atoms with Crippen molar-refractivity contribution in [2.45, 2.75) is 6.42 Å². The van der Waals surface area contributed by atoms with Crippen LogP contribution in [0.15, 0.2) is 46.5 Å². The van der Waals surface area contributed by atoms with E-state index in [2.05, 4.69) is 12.1 Å². The Bertz CT molecular complexity index is 388. The Balaban J connectivity index is 2.34. The van der Waals surface area contributed by atoms with Crippen molar-refractivity contribution in [1.82, 2.24) is 0 Å². The molecule has 0 atom stereocenters. The van der Waals surface area contributed by atoms with Gasteiger partial charge in [-0.1, -0.05) is 53.5 Å². The Morgan fingerprint density at radius 2 is 1.64 bits per heavy atom. The van der Waals surface area contributed by atoms with Crippen LogP contribution in [0.4, 0.5) is 0 Å². The Labute approximate surface area is 93.8 Å². The average molecular weight is 224 g/mol. The summed E-state index contributed by atoms with van der Waals surface area (Å²) >= 11 is 11.8. The van der Waals surface area contributed by atoms with Crippen molar-refractivity contribution in [3.8, 4) is 0 Å². The minimum atomic E-state index is 0.622. The SMILES string of the molecule is ClC1=C(Cl)C=C(c2ccccc2)C[CH]1. The number of rotatable bonds is 1. The predicted molar refractivity (Wildman–Crippen MR) is 62.1 cm³/mol. The zero-order chi connectivity index (χ0) is 9.97. The van der Waals surface area contributed by atoms with Crippen LogP contribution in [-0.4, -0.2) is 0 Å². The highest BCUT2D eigenvalue weighted by molar-refractivity contribution is 6.41. The van der Waals surface area contributed by atoms with E-state index in [1.54, 1.807) is 0 Å². The number of allylic oxidation sites excluding steroid dienone is 4. The van der Waals surface area contributed by atoms with Gasteiger partial charge in [0.15, 0.2) is 0 Å². The number of halogens is 2. The van der Waals surface area contributed by atoms with Gasteiger partial charge in [0.05, 0.1) is 5.03 Å². The van der Waals surface area contributed by atoms with E-state index < -0.39 is 0 Å². The predicted octanol–water partition coefficient (Wildman–Crippen LogP) is 4.37. The summed E-state index contributed by atoms with van der Waals surface area (Å²) in [7, 11) is 0. The first-order valence-corrected chi connectivity index (χ1v) is 5.17. The molecule has 0 N–H and O–H groups in total. The molecule has 1 aliphatic carbocycles. The summed E-state index contributed by atoms with van der Waals surface area (Å²) in [6, 6.07) is 10.2. The molecule has 1 aromatic rings. The minimum Gasteiger partial charge on any atom is -0.0872 e. The molecule has 1 aliphatic rings. The van der Waals surface area contributed by atoms with E-state index in [1.807, 2.05) is 30.7 Å². The molecule has 2 heteroatoms. The standard InChI is InChI=1S/C12H9Cl2/c13-11-7-6-10(8-12(11)14)9-4-2-1-3-5-9/h1-5,7-8H,6H2. The van der Waals surface area contributed by atoms with Crippen LogP contribution in [-0.2, 0) is 0 Å². The molecule has 0 amide bonds. The van der Waals surface area contributed by atoms with E-state index >= 15 is 0 Å². The lowest BCUT2D eigenvalue weighted by Crippen LogP contribution is -1.93. The van der Waals surface area contributed by atoms with Gasteiger partial charge in [-0.25, -0.2) is 0 Å². The highest BCUT2D eigenvalue weighted by Gasteiger charge is 2.11. The Morgan fingerprint density at radius 3 is 2.29 bits per heavy atom. The van der Waals surface area contributed by atoms with E-state index in [4.69, 9.17) is 23.2 Å². The lowest BCUT2D eigenvalue weighted by atomic mass is 9.97. The first kappa shape index (κ1) is 9.82. The second kappa shape index (κ2) is 4.20. The maximum Gasteiger partial charge on any atom is 0.0557 e. The lowest BCUT2D eigenvalue weighted by molar-refractivity contribution is 1.25. The van der Waals surface area contributed by atoms with Crippen LogP contribution < -0.4 is 0 Å². The van der Waals surface area contributed by atoms with Gasteiger partial charge >= 0.3 is 0 Å². The molecule has 0 heterocycles. The fourth-order valence-corrected chi connectivity index (χ4v) is 1.77. The summed E-state index contributed by atoms with van der Waals surface area (Å²) in [5.41, 5.74) is 2.41. The molecule has 0 aromatic heterocycles. The molecule has 0 aliphatic heterocycles. The maximum absolute atomic E-state index is 5.95. The second-order valence-corrected chi connectivity index (χ2v) is 3.95. The molecule has 0 nitrogen and oxygen atoms in total. The number of benzene rings is 1. The normalized spacial score (nSPS) is 16.9. The van der Waals surface area contributed by atoms with Gasteiger partial charge in [0.25, 0.3) is 0 Å². The van der Waals surface area contributed by atoms with Gasteiger partial charge in [0.1, 0.15) is 0 Å². The molecule has 0 unspecified atom stereocenters. The molecule has 0 saturated heterocycles. The molecule has 1 radical (unpaired) electrons. The van der Waals surface area contributed by atoms with E-state index in [9.17, 15) is 0 Å². The van der Waals surface area contributed by atoms with E-state index in [1.165, 1.54) is 11.1 Å². The summed E-state index contributed by atoms with van der Waals surface area (Å²) in [6.07, 6.45) is 4.71. The summed E-state index contributed by atoms with van der Waals surface area (Å²) < 4.78 is 0. The van der Waals surface area contributed by atoms with Crippen molar-refractivity contribution >= 4 is 28.8 Å². The van der Waals surface area contributed by atoms with Crippen LogP contribution in [0.1, 0.15) is 12.0 Å². The van der Waals surface area contributed by atoms with Crippen LogP contribution >= 0.6 is 23.2 Å². The monoisotopic (exact) mass is 223 g/mol. The van der Waals surface area contributed by atoms with Crippen molar-refractivity contribution in [3.05, 3.63) is 58.5 Å². The zero-order valence-electron chi connectivity index (χ0n) is 7.50. The summed E-state index contributed by atoms with van der Waals surface area (Å²) in [5, 5.41) is 1.27. The molecule has 0 saturated carbocycles. The molecular formula is C12H9Cl2. The first-order valence-electron chi connectivity index (χ1n) is 4.42. The topological polar surface area (TPSA) is 0 Å². The minimum absolute atomic E-state index is 0.622. The second-order valence-electron chi connectivity index (χ2n) is 3.14. The molecule has 2 rings (SSSR count). The van der Waals surface area contributed by atoms with Crippen LogP contribution in [0, 0.1) is 6.42 Å². The lowest BCUT2D eigenvalue weighted by Gasteiger charge is -2.12. The zero-order valence-corrected chi connectivity index (χ0v) is 9.02. The molecule has 0 spiro atoms. The van der Waals surface area contributed by atoms with Gasteiger partial charge in [-0.2, -0.15) is 0 Å². The molecule has 14 heavy (non-hydrogen) atoms. The molecule has 1 aromatic carbocycles. The quantitative estimate of drug-likeness (QED) is 0.664. The Morgan fingerprint density at radius 1 is 0.929 bits per heavy atom. The van der Waals surface area contributed by atoms with Crippen molar-refractivity contribution in [1.29, 1.82) is 0 Å². The van der Waals surface area contributed by atoms with Crippen molar-refractivity contribution < 1.29 is 0 Å². The van der Waals surface area contributed by atoms with Crippen molar-refractivity contribution in [2.24, 2.45) is 0 Å². The third-order valence-corrected chi connectivity index (χ3v) is 2.94. The van der Waals surface area contributed by atoms with E-state index in [0.29, 0.717) is 10.1 Å². The Kier molecular flexibility index (Phi) is 2.95. The fourth-order valence-electron chi connectivity index (χ4n) is 1.43. The van der Waals surface area contributed by atoms with Gasteiger partial charge in [-0.3, -0.25) is 0 Å².